The number of carbonyl (C=O) groups excluding carboxylic acids is 6. The van der Waals surface area contributed by atoms with Gasteiger partial charge < -0.3 is 33.2 Å². The van der Waals surface area contributed by atoms with Crippen LogP contribution in [0.2, 0.25) is 0 Å². The molecule has 0 bridgehead atoms. The Morgan fingerprint density at radius 3 is 2.03 bits per heavy atom. The van der Waals surface area contributed by atoms with Crippen molar-refractivity contribution in [2.24, 2.45) is 0 Å². The van der Waals surface area contributed by atoms with Gasteiger partial charge in [-0.3, -0.25) is 24.0 Å². The van der Waals surface area contributed by atoms with Crippen molar-refractivity contribution in [1.82, 2.24) is 0 Å². The third-order valence-electron chi connectivity index (χ3n) is 4.88. The number of carbonyl (C=O) groups is 6. The summed E-state index contributed by atoms with van der Waals surface area (Å²) in [6.45, 7) is 7.25. The minimum Gasteiger partial charge on any atom is -0.463 e. The summed E-state index contributed by atoms with van der Waals surface area (Å²) < 4.78 is 37.8. The largest absolute Gasteiger partial charge is 0.463 e. The Hall–Kier alpha value is -4.26. The molecule has 1 aromatic carbocycles. The fourth-order valence-corrected chi connectivity index (χ4v) is 3.50. The second kappa shape index (κ2) is 13.9. The molecular formula is C25H28O13. The molecule has 38 heavy (non-hydrogen) atoms. The Kier molecular flexibility index (Phi) is 10.9. The molecule has 0 spiro atoms. The molecule has 5 atom stereocenters. The molecule has 0 saturated carbocycles. The summed E-state index contributed by atoms with van der Waals surface area (Å²) in [5, 5.41) is 0. The van der Waals surface area contributed by atoms with Gasteiger partial charge in [0.15, 0.2) is 12.2 Å². The quantitative estimate of drug-likeness (QED) is 0.172. The van der Waals surface area contributed by atoms with Crippen LogP contribution in [0.25, 0.3) is 0 Å². The van der Waals surface area contributed by atoms with Crippen molar-refractivity contribution >= 4 is 36.1 Å². The monoisotopic (exact) mass is 536 g/mol. The highest BCUT2D eigenvalue weighted by Crippen LogP contribution is 2.32. The maximum atomic E-state index is 12.6. The van der Waals surface area contributed by atoms with Gasteiger partial charge in [0.2, 0.25) is 12.4 Å². The van der Waals surface area contributed by atoms with E-state index >= 15 is 0 Å². The van der Waals surface area contributed by atoms with E-state index in [0.29, 0.717) is 6.29 Å². The Bertz CT molecular complexity index is 1080. The Balaban J connectivity index is 2.57. The predicted molar refractivity (Wildman–Crippen MR) is 125 cm³/mol. The first-order chi connectivity index (χ1) is 18.0. The molecule has 1 heterocycles. The summed E-state index contributed by atoms with van der Waals surface area (Å²) in [5.41, 5.74) is -0.0474. The molecule has 0 N–H and O–H groups in total. The lowest BCUT2D eigenvalue weighted by Gasteiger charge is -2.44. The molecule has 0 aliphatic carbocycles. The van der Waals surface area contributed by atoms with Crippen LogP contribution in [0.1, 0.15) is 48.4 Å². The SMILES string of the molecule is C=CCOC(=O)c1cc(C=O)ccc1O[C@@H]1O[C@H](COC(C)=O)[C@H](OC(C)=O)[C@H](OC(C)=O)[C@H]1OC(C)=O. The maximum absolute atomic E-state index is 12.6. The number of benzene rings is 1. The van der Waals surface area contributed by atoms with E-state index in [1.165, 1.54) is 24.3 Å². The highest BCUT2D eigenvalue weighted by molar-refractivity contribution is 5.94. The second-order valence-corrected chi connectivity index (χ2v) is 7.95. The normalized spacial score (nSPS) is 22.3. The first-order valence-corrected chi connectivity index (χ1v) is 11.3. The Labute approximate surface area is 217 Å². The number of ether oxygens (including phenoxy) is 7. The molecule has 1 fully saturated rings. The highest BCUT2D eigenvalue weighted by Gasteiger charge is 2.53. The van der Waals surface area contributed by atoms with Crippen LogP contribution < -0.4 is 4.74 Å². The summed E-state index contributed by atoms with van der Waals surface area (Å²) in [6.07, 6.45) is -5.36. The number of aldehydes is 1. The zero-order chi connectivity index (χ0) is 28.4. The van der Waals surface area contributed by atoms with Crippen molar-refractivity contribution in [3.63, 3.8) is 0 Å². The third-order valence-corrected chi connectivity index (χ3v) is 4.88. The molecule has 1 aliphatic rings. The van der Waals surface area contributed by atoms with Gasteiger partial charge in [-0.15, -0.1) is 0 Å². The molecule has 206 valence electrons. The standard InChI is InChI=1S/C25H28O13/c1-6-9-32-24(31)18-10-17(11-26)7-8-19(18)37-25-23(36-16(5)30)22(35-15(4)29)21(34-14(3)28)20(38-25)12-33-13(2)27/h6-8,10-11,20-23,25H,1,9,12H2,2-5H3/t20-,21+,22+,23-,25-/m1/s1. The lowest BCUT2D eigenvalue weighted by atomic mass is 9.98. The number of hydrogen-bond donors (Lipinski definition) is 0. The van der Waals surface area contributed by atoms with Crippen molar-refractivity contribution in [1.29, 1.82) is 0 Å². The van der Waals surface area contributed by atoms with E-state index in [1.807, 2.05) is 0 Å². The minimum atomic E-state index is -1.58. The van der Waals surface area contributed by atoms with Crippen molar-refractivity contribution in [2.45, 2.75) is 58.4 Å². The van der Waals surface area contributed by atoms with Crippen LogP contribution in [0.4, 0.5) is 0 Å². The Morgan fingerprint density at radius 2 is 1.47 bits per heavy atom. The highest BCUT2D eigenvalue weighted by atomic mass is 16.7. The molecule has 13 nitrogen and oxygen atoms in total. The average molecular weight is 536 g/mol. The van der Waals surface area contributed by atoms with Crippen molar-refractivity contribution < 1.29 is 61.9 Å². The van der Waals surface area contributed by atoms with Gasteiger partial charge in [0.05, 0.1) is 0 Å². The van der Waals surface area contributed by atoms with Crippen LogP contribution in [0.15, 0.2) is 30.9 Å². The van der Waals surface area contributed by atoms with Crippen LogP contribution in [0.3, 0.4) is 0 Å². The predicted octanol–water partition coefficient (Wildman–Crippen LogP) is 1.30. The molecule has 1 aromatic rings. The first-order valence-electron chi connectivity index (χ1n) is 11.3. The van der Waals surface area contributed by atoms with Gasteiger partial charge in [-0.25, -0.2) is 4.79 Å². The van der Waals surface area contributed by atoms with E-state index < -0.39 is 67.2 Å². The summed E-state index contributed by atoms with van der Waals surface area (Å²) >= 11 is 0. The third kappa shape index (κ3) is 8.40. The minimum absolute atomic E-state index is 0.129. The van der Waals surface area contributed by atoms with E-state index in [4.69, 9.17) is 33.2 Å². The van der Waals surface area contributed by atoms with Crippen LogP contribution in [-0.4, -0.2) is 80.1 Å². The molecule has 1 saturated heterocycles. The van der Waals surface area contributed by atoms with Crippen LogP contribution in [-0.2, 0) is 47.6 Å². The van der Waals surface area contributed by atoms with Crippen molar-refractivity contribution in [2.75, 3.05) is 13.2 Å². The average Bonchev–Trinajstić information content (AvgIpc) is 2.84. The van der Waals surface area contributed by atoms with Gasteiger partial charge in [-0.05, 0) is 18.2 Å². The van der Waals surface area contributed by atoms with Gasteiger partial charge in [0.25, 0.3) is 0 Å². The molecule has 0 amide bonds. The van der Waals surface area contributed by atoms with E-state index in [-0.39, 0.29) is 23.5 Å². The van der Waals surface area contributed by atoms with E-state index in [9.17, 15) is 28.8 Å². The fraction of sp³-hybridized carbons (Fsp3) is 0.440. The molecule has 2 rings (SSSR count). The van der Waals surface area contributed by atoms with E-state index in [2.05, 4.69) is 6.58 Å². The van der Waals surface area contributed by atoms with Crippen molar-refractivity contribution in [3.05, 3.63) is 42.0 Å². The van der Waals surface area contributed by atoms with Crippen LogP contribution in [0, 0.1) is 0 Å². The molecule has 0 radical (unpaired) electrons. The molecule has 1 aliphatic heterocycles. The molecule has 0 aromatic heterocycles. The molecule has 13 heteroatoms. The van der Waals surface area contributed by atoms with E-state index in [1.54, 1.807) is 0 Å². The summed E-state index contributed by atoms with van der Waals surface area (Å²) in [7, 11) is 0. The first kappa shape index (κ1) is 30.0. The topological polar surface area (TPSA) is 167 Å². The van der Waals surface area contributed by atoms with E-state index in [0.717, 1.165) is 27.7 Å². The van der Waals surface area contributed by atoms with Gasteiger partial charge in [-0.2, -0.15) is 0 Å². The maximum Gasteiger partial charge on any atom is 0.342 e. The lowest BCUT2D eigenvalue weighted by molar-refractivity contribution is -0.288. The van der Waals surface area contributed by atoms with Crippen LogP contribution >= 0.6 is 0 Å². The summed E-state index contributed by atoms with van der Waals surface area (Å²) in [4.78, 5) is 71.2. The van der Waals surface area contributed by atoms with Gasteiger partial charge in [0, 0.05) is 33.3 Å². The number of esters is 5. The summed E-state index contributed by atoms with van der Waals surface area (Å²) in [6, 6.07) is 3.83. The fourth-order valence-electron chi connectivity index (χ4n) is 3.50. The smallest absolute Gasteiger partial charge is 0.342 e. The van der Waals surface area contributed by atoms with Crippen molar-refractivity contribution in [3.8, 4) is 5.75 Å². The lowest BCUT2D eigenvalue weighted by Crippen LogP contribution is -2.63. The van der Waals surface area contributed by atoms with Gasteiger partial charge >= 0.3 is 29.8 Å². The molecular weight excluding hydrogens is 508 g/mol. The molecule has 0 unspecified atom stereocenters. The Morgan fingerprint density at radius 1 is 0.868 bits per heavy atom. The zero-order valence-electron chi connectivity index (χ0n) is 21.2. The van der Waals surface area contributed by atoms with Crippen LogP contribution in [0.5, 0.6) is 5.75 Å². The second-order valence-electron chi connectivity index (χ2n) is 7.95. The van der Waals surface area contributed by atoms with Gasteiger partial charge in [0.1, 0.15) is 36.9 Å². The number of hydrogen-bond acceptors (Lipinski definition) is 13. The zero-order valence-corrected chi connectivity index (χ0v) is 21.2. The number of rotatable bonds is 11. The van der Waals surface area contributed by atoms with Gasteiger partial charge in [-0.1, -0.05) is 12.7 Å². The summed E-state index contributed by atoms with van der Waals surface area (Å²) in [5.74, 6) is -4.14.